The molecule has 0 saturated carbocycles. The van der Waals surface area contributed by atoms with Crippen molar-refractivity contribution in [3.63, 3.8) is 0 Å². The van der Waals surface area contributed by atoms with Crippen molar-refractivity contribution in [3.8, 4) is 0 Å². The van der Waals surface area contributed by atoms with Gasteiger partial charge in [-0.15, -0.1) is 0 Å². The zero-order chi connectivity index (χ0) is 12.2. The van der Waals surface area contributed by atoms with Crippen LogP contribution in [0.2, 0.25) is 0 Å². The monoisotopic (exact) mass is 233 g/mol. The lowest BCUT2D eigenvalue weighted by Crippen LogP contribution is -1.90. The van der Waals surface area contributed by atoms with Crippen molar-refractivity contribution >= 4 is 0 Å². The van der Waals surface area contributed by atoms with E-state index in [2.05, 4.69) is 19.1 Å². The summed E-state index contributed by atoms with van der Waals surface area (Å²) in [6.07, 6.45) is 9.16. The molecular weight excluding hydrogens is 208 g/mol. The third-order valence-corrected chi connectivity index (χ3v) is 2.89. The maximum atomic E-state index is 5.52. The molecular formula is C16H25O. The van der Waals surface area contributed by atoms with Crippen LogP contribution in [-0.4, -0.2) is 0 Å². The second-order valence-corrected chi connectivity index (χ2v) is 4.52. The van der Waals surface area contributed by atoms with Crippen LogP contribution in [0.1, 0.15) is 57.4 Å². The van der Waals surface area contributed by atoms with Crippen LogP contribution in [0.5, 0.6) is 0 Å². The van der Waals surface area contributed by atoms with Gasteiger partial charge in [0.25, 0.3) is 0 Å². The first kappa shape index (κ1) is 14.2. The Balaban J connectivity index is 1.85. The second-order valence-electron chi connectivity index (χ2n) is 4.52. The van der Waals surface area contributed by atoms with Crippen LogP contribution < -0.4 is 0 Å². The van der Waals surface area contributed by atoms with Gasteiger partial charge in [-0.1, -0.05) is 75.8 Å². The van der Waals surface area contributed by atoms with E-state index in [0.29, 0.717) is 6.61 Å². The van der Waals surface area contributed by atoms with Gasteiger partial charge in [0.15, 0.2) is 0 Å². The van der Waals surface area contributed by atoms with E-state index >= 15 is 0 Å². The SMILES string of the molecule is CCCCCCCC[CH]OCc1ccccc1. The minimum atomic E-state index is 0.705. The molecule has 0 spiro atoms. The molecule has 0 fully saturated rings. The Morgan fingerprint density at radius 1 is 0.941 bits per heavy atom. The zero-order valence-corrected chi connectivity index (χ0v) is 11.0. The molecule has 0 N–H and O–H groups in total. The molecule has 0 atom stereocenters. The maximum Gasteiger partial charge on any atom is 0.0841 e. The minimum absolute atomic E-state index is 0.705. The van der Waals surface area contributed by atoms with Crippen molar-refractivity contribution in [3.05, 3.63) is 42.5 Å². The second kappa shape index (κ2) is 10.3. The summed E-state index contributed by atoms with van der Waals surface area (Å²) in [5, 5.41) is 0. The smallest absolute Gasteiger partial charge is 0.0841 e. The summed E-state index contributed by atoms with van der Waals surface area (Å²) in [7, 11) is 0. The predicted octanol–water partition coefficient (Wildman–Crippen LogP) is 5.12. The normalized spacial score (nSPS) is 10.6. The zero-order valence-electron chi connectivity index (χ0n) is 11.0. The van der Waals surface area contributed by atoms with E-state index in [4.69, 9.17) is 4.74 Å². The van der Waals surface area contributed by atoms with Crippen LogP contribution >= 0.6 is 0 Å². The van der Waals surface area contributed by atoms with Gasteiger partial charge >= 0.3 is 0 Å². The number of rotatable bonds is 10. The Morgan fingerprint density at radius 2 is 1.65 bits per heavy atom. The molecule has 0 amide bonds. The molecule has 1 heteroatoms. The third kappa shape index (κ3) is 7.98. The molecule has 0 saturated heterocycles. The van der Waals surface area contributed by atoms with E-state index < -0.39 is 0 Å². The summed E-state index contributed by atoms with van der Waals surface area (Å²) in [4.78, 5) is 0. The van der Waals surface area contributed by atoms with E-state index in [1.54, 1.807) is 0 Å². The van der Waals surface area contributed by atoms with E-state index in [-0.39, 0.29) is 0 Å². The molecule has 1 aromatic rings. The average Bonchev–Trinajstić information content (AvgIpc) is 2.38. The van der Waals surface area contributed by atoms with Crippen LogP contribution in [0.25, 0.3) is 0 Å². The molecule has 0 aliphatic heterocycles. The van der Waals surface area contributed by atoms with Crippen molar-refractivity contribution in [1.82, 2.24) is 0 Å². The highest BCUT2D eigenvalue weighted by Gasteiger charge is 1.93. The topological polar surface area (TPSA) is 9.23 Å². The molecule has 1 radical (unpaired) electrons. The van der Waals surface area contributed by atoms with Crippen molar-refractivity contribution in [1.29, 1.82) is 0 Å². The molecule has 0 heterocycles. The Labute approximate surface area is 106 Å². The quantitative estimate of drug-likeness (QED) is 0.510. The Kier molecular flexibility index (Phi) is 8.66. The molecule has 1 nitrogen and oxygen atoms in total. The van der Waals surface area contributed by atoms with Crippen molar-refractivity contribution in [2.75, 3.05) is 0 Å². The molecule has 0 aromatic heterocycles. The highest BCUT2D eigenvalue weighted by atomic mass is 16.5. The van der Waals surface area contributed by atoms with Crippen LogP contribution in [0.4, 0.5) is 0 Å². The van der Waals surface area contributed by atoms with E-state index in [0.717, 1.165) is 6.42 Å². The summed E-state index contributed by atoms with van der Waals surface area (Å²) in [5.41, 5.74) is 1.24. The largest absolute Gasteiger partial charge is 0.371 e. The van der Waals surface area contributed by atoms with E-state index in [9.17, 15) is 0 Å². The first-order chi connectivity index (χ1) is 8.43. The van der Waals surface area contributed by atoms with Crippen molar-refractivity contribution in [2.45, 2.75) is 58.5 Å². The molecule has 0 unspecified atom stereocenters. The van der Waals surface area contributed by atoms with E-state index in [1.807, 2.05) is 24.8 Å². The summed E-state index contributed by atoms with van der Waals surface area (Å²) in [6, 6.07) is 10.3. The van der Waals surface area contributed by atoms with Crippen LogP contribution in [0.3, 0.4) is 0 Å². The molecule has 1 rings (SSSR count). The van der Waals surface area contributed by atoms with Gasteiger partial charge < -0.3 is 4.74 Å². The van der Waals surface area contributed by atoms with Gasteiger partial charge in [-0.3, -0.25) is 0 Å². The summed E-state index contributed by atoms with van der Waals surface area (Å²) >= 11 is 0. The van der Waals surface area contributed by atoms with Gasteiger partial charge in [0.05, 0.1) is 13.2 Å². The van der Waals surface area contributed by atoms with Gasteiger partial charge in [-0.05, 0) is 12.0 Å². The average molecular weight is 233 g/mol. The lowest BCUT2D eigenvalue weighted by atomic mass is 10.1. The number of hydrogen-bond donors (Lipinski definition) is 0. The lowest BCUT2D eigenvalue weighted by Gasteiger charge is -2.03. The highest BCUT2D eigenvalue weighted by molar-refractivity contribution is 5.13. The van der Waals surface area contributed by atoms with Crippen molar-refractivity contribution < 1.29 is 4.74 Å². The summed E-state index contributed by atoms with van der Waals surface area (Å²) in [6.45, 7) is 4.93. The van der Waals surface area contributed by atoms with Crippen LogP contribution in [0.15, 0.2) is 30.3 Å². The predicted molar refractivity (Wildman–Crippen MR) is 73.5 cm³/mol. The highest BCUT2D eigenvalue weighted by Crippen LogP contribution is 2.09. The van der Waals surface area contributed by atoms with Gasteiger partial charge in [0.2, 0.25) is 0 Å². The van der Waals surface area contributed by atoms with E-state index in [1.165, 1.54) is 44.1 Å². The number of benzene rings is 1. The Bertz CT molecular complexity index is 255. The molecule has 0 bridgehead atoms. The number of hydrogen-bond acceptors (Lipinski definition) is 1. The lowest BCUT2D eigenvalue weighted by molar-refractivity contribution is 0.176. The van der Waals surface area contributed by atoms with Crippen LogP contribution in [-0.2, 0) is 11.3 Å². The van der Waals surface area contributed by atoms with Gasteiger partial charge in [0.1, 0.15) is 0 Å². The fourth-order valence-corrected chi connectivity index (χ4v) is 1.82. The van der Waals surface area contributed by atoms with Gasteiger partial charge in [-0.25, -0.2) is 0 Å². The minimum Gasteiger partial charge on any atom is -0.371 e. The fourth-order valence-electron chi connectivity index (χ4n) is 1.82. The molecule has 1 aromatic carbocycles. The van der Waals surface area contributed by atoms with Gasteiger partial charge in [0, 0.05) is 0 Å². The molecule has 95 valence electrons. The first-order valence-electron chi connectivity index (χ1n) is 6.90. The van der Waals surface area contributed by atoms with Gasteiger partial charge in [-0.2, -0.15) is 0 Å². The maximum absolute atomic E-state index is 5.52. The Hall–Kier alpha value is -0.820. The standard InChI is InChI=1S/C16H25O/c1-2-3-4-5-6-7-11-14-17-15-16-12-9-8-10-13-16/h8-10,12-14H,2-7,11,15H2,1H3. The molecule has 17 heavy (non-hydrogen) atoms. The number of ether oxygens (including phenoxy) is 1. The molecule has 0 aliphatic carbocycles. The third-order valence-electron chi connectivity index (χ3n) is 2.89. The number of unbranched alkanes of at least 4 members (excludes halogenated alkanes) is 6. The first-order valence-corrected chi connectivity index (χ1v) is 6.90. The summed E-state index contributed by atoms with van der Waals surface area (Å²) in [5.74, 6) is 0. The Morgan fingerprint density at radius 3 is 2.41 bits per heavy atom. The van der Waals surface area contributed by atoms with Crippen molar-refractivity contribution in [2.24, 2.45) is 0 Å². The molecule has 0 aliphatic rings. The fraction of sp³-hybridized carbons (Fsp3) is 0.562. The van der Waals surface area contributed by atoms with Crippen LogP contribution in [0, 0.1) is 6.61 Å². The summed E-state index contributed by atoms with van der Waals surface area (Å²) < 4.78 is 5.52.